The first-order valence-corrected chi connectivity index (χ1v) is 9.29. The van der Waals surface area contributed by atoms with Gasteiger partial charge >= 0.3 is 0 Å². The Morgan fingerprint density at radius 3 is 2.78 bits per heavy atom. The van der Waals surface area contributed by atoms with Crippen LogP contribution in [0.4, 0.5) is 5.69 Å². The maximum Gasteiger partial charge on any atom is 0.234 e. The van der Waals surface area contributed by atoms with Crippen molar-refractivity contribution in [3.63, 3.8) is 0 Å². The Kier molecular flexibility index (Phi) is 5.03. The second-order valence-electron chi connectivity index (χ2n) is 4.86. The molecule has 0 bridgehead atoms. The smallest absolute Gasteiger partial charge is 0.234 e. The molecule has 2 aromatic heterocycles. The van der Waals surface area contributed by atoms with Gasteiger partial charge in [-0.1, -0.05) is 11.8 Å². The van der Waals surface area contributed by atoms with Crippen molar-refractivity contribution >= 4 is 66.4 Å². The fourth-order valence-electron chi connectivity index (χ4n) is 2.02. The van der Waals surface area contributed by atoms with Crippen LogP contribution in [-0.4, -0.2) is 26.6 Å². The summed E-state index contributed by atoms with van der Waals surface area (Å²) in [4.78, 5) is 23.8. The van der Waals surface area contributed by atoms with Gasteiger partial charge in [0, 0.05) is 15.1 Å². The van der Waals surface area contributed by atoms with Crippen LogP contribution in [0.2, 0.25) is 0 Å². The lowest BCUT2D eigenvalue weighted by Gasteiger charge is -2.10. The van der Waals surface area contributed by atoms with Gasteiger partial charge in [0.05, 0.1) is 17.0 Å². The topological polar surface area (TPSA) is 70.7 Å². The molecule has 3 rings (SSSR count). The lowest BCUT2D eigenvalue weighted by Crippen LogP contribution is -2.15. The van der Waals surface area contributed by atoms with E-state index < -0.39 is 0 Å². The maximum atomic E-state index is 12.2. The van der Waals surface area contributed by atoms with Crippen molar-refractivity contribution < 1.29 is 4.79 Å². The normalized spacial score (nSPS) is 10.9. The number of fused-ring (bicyclic) bond motifs is 1. The highest BCUT2D eigenvalue weighted by molar-refractivity contribution is 9.11. The quantitative estimate of drug-likeness (QED) is 0.567. The number of carbonyl (C=O) groups is 1. The van der Waals surface area contributed by atoms with E-state index in [0.717, 1.165) is 25.7 Å². The number of hydrogen-bond donors (Lipinski definition) is 2. The van der Waals surface area contributed by atoms with E-state index in [1.54, 1.807) is 6.20 Å². The van der Waals surface area contributed by atoms with Crippen LogP contribution in [0.3, 0.4) is 0 Å². The van der Waals surface area contributed by atoms with Crippen molar-refractivity contribution in [2.24, 2.45) is 0 Å². The monoisotopic (exact) mass is 454 g/mol. The van der Waals surface area contributed by atoms with Crippen LogP contribution in [0, 0.1) is 6.92 Å². The number of H-pyrrole nitrogens is 1. The second kappa shape index (κ2) is 7.02. The summed E-state index contributed by atoms with van der Waals surface area (Å²) in [7, 11) is 0. The number of anilines is 1. The van der Waals surface area contributed by atoms with E-state index in [1.165, 1.54) is 11.8 Å². The number of benzene rings is 1. The molecule has 8 heteroatoms. The van der Waals surface area contributed by atoms with Crippen molar-refractivity contribution in [1.82, 2.24) is 15.0 Å². The van der Waals surface area contributed by atoms with E-state index in [0.29, 0.717) is 10.8 Å². The zero-order valence-electron chi connectivity index (χ0n) is 12.1. The number of rotatable bonds is 4. The molecule has 0 saturated heterocycles. The third-order valence-corrected chi connectivity index (χ3v) is 5.15. The van der Waals surface area contributed by atoms with Gasteiger partial charge in [-0.3, -0.25) is 4.79 Å². The molecule has 0 radical (unpaired) electrons. The highest BCUT2D eigenvalue weighted by Gasteiger charge is 2.12. The zero-order chi connectivity index (χ0) is 16.4. The van der Waals surface area contributed by atoms with E-state index in [9.17, 15) is 4.79 Å². The average molecular weight is 456 g/mol. The van der Waals surface area contributed by atoms with Crippen LogP contribution in [0.1, 0.15) is 5.56 Å². The molecule has 118 valence electrons. The summed E-state index contributed by atoms with van der Waals surface area (Å²) in [6.45, 7) is 1.99. The summed E-state index contributed by atoms with van der Waals surface area (Å²) in [5.41, 5.74) is 3.34. The molecule has 0 aliphatic heterocycles. The summed E-state index contributed by atoms with van der Waals surface area (Å²) in [6.07, 6.45) is 1.69. The Bertz CT molecular complexity index is 825. The molecule has 0 fully saturated rings. The van der Waals surface area contributed by atoms with E-state index in [2.05, 4.69) is 52.1 Å². The number of nitrogens with zero attached hydrogens (tertiary/aromatic N) is 2. The highest BCUT2D eigenvalue weighted by Crippen LogP contribution is 2.32. The minimum atomic E-state index is -0.103. The number of halogens is 2. The maximum absolute atomic E-state index is 12.2. The first kappa shape index (κ1) is 16.5. The number of imidazole rings is 1. The van der Waals surface area contributed by atoms with Gasteiger partial charge in [-0.2, -0.15) is 0 Å². The van der Waals surface area contributed by atoms with Crippen molar-refractivity contribution in [3.8, 4) is 0 Å². The number of aromatic amines is 1. The lowest BCUT2D eigenvalue weighted by atomic mass is 10.2. The summed E-state index contributed by atoms with van der Waals surface area (Å²) >= 11 is 8.27. The molecule has 0 spiro atoms. The molecule has 0 atom stereocenters. The van der Waals surface area contributed by atoms with Gasteiger partial charge in [0.25, 0.3) is 0 Å². The molecular formula is C15H12Br2N4OS. The number of pyridine rings is 1. The highest BCUT2D eigenvalue weighted by atomic mass is 79.9. The van der Waals surface area contributed by atoms with Gasteiger partial charge in [0.2, 0.25) is 5.91 Å². The van der Waals surface area contributed by atoms with Gasteiger partial charge in [-0.15, -0.1) is 0 Å². The molecular weight excluding hydrogens is 444 g/mol. The molecule has 3 aromatic rings. The predicted octanol–water partition coefficient (Wildman–Crippen LogP) is 4.52. The first-order chi connectivity index (χ1) is 11.0. The number of amides is 1. The SMILES string of the molecule is Cc1cc(Br)c(NC(=O)CSc2nc3ncccc3[nH]2)c(Br)c1. The Labute approximate surface area is 153 Å². The fraction of sp³-hybridized carbons (Fsp3) is 0.133. The minimum Gasteiger partial charge on any atom is -0.332 e. The Morgan fingerprint density at radius 2 is 2.09 bits per heavy atom. The summed E-state index contributed by atoms with van der Waals surface area (Å²) < 4.78 is 1.69. The third-order valence-electron chi connectivity index (χ3n) is 3.03. The number of hydrogen-bond acceptors (Lipinski definition) is 4. The third kappa shape index (κ3) is 3.94. The zero-order valence-corrected chi connectivity index (χ0v) is 16.0. The summed E-state index contributed by atoms with van der Waals surface area (Å²) in [6, 6.07) is 7.66. The molecule has 5 nitrogen and oxygen atoms in total. The molecule has 2 N–H and O–H groups in total. The van der Waals surface area contributed by atoms with Crippen LogP contribution < -0.4 is 5.32 Å². The molecule has 1 aromatic carbocycles. The summed E-state index contributed by atoms with van der Waals surface area (Å²) in [5, 5.41) is 3.58. The van der Waals surface area contributed by atoms with Gasteiger partial charge < -0.3 is 10.3 Å². The van der Waals surface area contributed by atoms with Crippen LogP contribution >= 0.6 is 43.6 Å². The minimum absolute atomic E-state index is 0.103. The van der Waals surface area contributed by atoms with Crippen LogP contribution in [-0.2, 0) is 4.79 Å². The van der Waals surface area contributed by atoms with E-state index in [-0.39, 0.29) is 11.7 Å². The number of carbonyl (C=O) groups excluding carboxylic acids is 1. The Balaban J connectivity index is 1.66. The molecule has 0 aliphatic rings. The summed E-state index contributed by atoms with van der Waals surface area (Å²) in [5.74, 6) is 0.153. The molecule has 0 saturated carbocycles. The average Bonchev–Trinajstić information content (AvgIpc) is 2.91. The van der Waals surface area contributed by atoms with Gasteiger partial charge in [-0.25, -0.2) is 9.97 Å². The Hall–Kier alpha value is -1.38. The Morgan fingerprint density at radius 1 is 1.35 bits per heavy atom. The van der Waals surface area contributed by atoms with Gasteiger partial charge in [-0.05, 0) is 68.6 Å². The number of aryl methyl sites for hydroxylation is 1. The molecule has 0 unspecified atom stereocenters. The van der Waals surface area contributed by atoms with Crippen LogP contribution in [0.15, 0.2) is 44.6 Å². The molecule has 2 heterocycles. The standard InChI is InChI=1S/C15H12Br2N4OS/c1-8-5-9(16)13(10(17)6-8)20-12(22)7-23-15-19-11-3-2-4-18-14(11)21-15/h2-6H,7H2,1H3,(H,20,22)(H,18,19,21). The van der Waals surface area contributed by atoms with Crippen LogP contribution in [0.5, 0.6) is 0 Å². The predicted molar refractivity (Wildman–Crippen MR) is 99.8 cm³/mol. The van der Waals surface area contributed by atoms with Crippen LogP contribution in [0.25, 0.3) is 11.2 Å². The molecule has 23 heavy (non-hydrogen) atoms. The number of aromatic nitrogens is 3. The first-order valence-electron chi connectivity index (χ1n) is 6.72. The number of thioether (sulfide) groups is 1. The molecule has 1 amide bonds. The van der Waals surface area contributed by atoms with Crippen molar-refractivity contribution in [1.29, 1.82) is 0 Å². The van der Waals surface area contributed by atoms with Crippen molar-refractivity contribution in [3.05, 3.63) is 45.0 Å². The van der Waals surface area contributed by atoms with E-state index in [1.807, 2.05) is 31.2 Å². The molecule has 0 aliphatic carbocycles. The lowest BCUT2D eigenvalue weighted by molar-refractivity contribution is -0.113. The van der Waals surface area contributed by atoms with E-state index in [4.69, 9.17) is 0 Å². The van der Waals surface area contributed by atoms with E-state index >= 15 is 0 Å². The fourth-order valence-corrected chi connectivity index (χ4v) is 4.31. The second-order valence-corrected chi connectivity index (χ2v) is 7.53. The number of nitrogens with one attached hydrogen (secondary N) is 2. The van der Waals surface area contributed by atoms with Gasteiger partial charge in [0.1, 0.15) is 0 Å². The van der Waals surface area contributed by atoms with Gasteiger partial charge in [0.15, 0.2) is 10.8 Å². The van der Waals surface area contributed by atoms with Crippen molar-refractivity contribution in [2.45, 2.75) is 12.1 Å². The van der Waals surface area contributed by atoms with Crippen molar-refractivity contribution in [2.75, 3.05) is 11.1 Å². The largest absolute Gasteiger partial charge is 0.332 e.